The lowest BCUT2D eigenvalue weighted by Crippen LogP contribution is -2.60. The van der Waals surface area contributed by atoms with Crippen LogP contribution in [0.4, 0.5) is 22.0 Å². The lowest BCUT2D eigenvalue weighted by molar-refractivity contribution is -0.275. The number of aromatic nitrogens is 1. The maximum Gasteiger partial charge on any atom is 0.573 e. The fourth-order valence-electron chi connectivity index (χ4n) is 4.03. The number of methoxy groups -OCH3 is 2. The van der Waals surface area contributed by atoms with Gasteiger partial charge in [0.15, 0.2) is 22.9 Å². The third-order valence-corrected chi connectivity index (χ3v) is 5.65. The highest BCUT2D eigenvalue weighted by molar-refractivity contribution is 6.04. The number of pyridine rings is 1. The van der Waals surface area contributed by atoms with Crippen molar-refractivity contribution in [3.05, 3.63) is 66.3 Å². The zero-order chi connectivity index (χ0) is 27.0. The topological polar surface area (TPSA) is 105 Å². The standard InChI is InChI=1S/C24H18F5N3O5/c1-34-18-9-13-15(10-19(18)37-24(27,28)29)32-8-7-16(13)36-17-6-4-3-5-14(17)23(35-2)20(25)11-31-12-22(23,26)21(30)33/h3-12H,1-2H3,(H2,30,33). The molecule has 1 aromatic heterocycles. The van der Waals surface area contributed by atoms with Crippen LogP contribution < -0.4 is 19.9 Å². The van der Waals surface area contributed by atoms with Gasteiger partial charge in [0.25, 0.3) is 11.6 Å². The first kappa shape index (κ1) is 25.8. The number of nitrogens with zero attached hydrogens (tertiary/aromatic N) is 2. The van der Waals surface area contributed by atoms with Crippen LogP contribution in [0.3, 0.4) is 0 Å². The van der Waals surface area contributed by atoms with Gasteiger partial charge in [0.2, 0.25) is 0 Å². The predicted octanol–water partition coefficient (Wildman–Crippen LogP) is 4.86. The molecule has 0 bridgehead atoms. The summed E-state index contributed by atoms with van der Waals surface area (Å²) in [4.78, 5) is 19.6. The van der Waals surface area contributed by atoms with Crippen LogP contribution in [-0.2, 0) is 15.1 Å². The summed E-state index contributed by atoms with van der Waals surface area (Å²) >= 11 is 0. The van der Waals surface area contributed by atoms with E-state index in [-0.39, 0.29) is 33.7 Å². The molecule has 2 N–H and O–H groups in total. The van der Waals surface area contributed by atoms with Gasteiger partial charge in [0.1, 0.15) is 11.5 Å². The van der Waals surface area contributed by atoms with Crippen LogP contribution in [0.15, 0.2) is 65.7 Å². The number of fused-ring (bicyclic) bond motifs is 1. The van der Waals surface area contributed by atoms with Crippen molar-refractivity contribution in [1.29, 1.82) is 0 Å². The highest BCUT2D eigenvalue weighted by atomic mass is 19.4. The first-order valence-corrected chi connectivity index (χ1v) is 10.4. The molecule has 0 radical (unpaired) electrons. The maximum atomic E-state index is 16.0. The number of primary amides is 1. The third kappa shape index (κ3) is 4.31. The first-order valence-electron chi connectivity index (χ1n) is 10.4. The smallest absolute Gasteiger partial charge is 0.493 e. The second-order valence-corrected chi connectivity index (χ2v) is 7.69. The zero-order valence-electron chi connectivity index (χ0n) is 19.2. The van der Waals surface area contributed by atoms with Crippen molar-refractivity contribution >= 4 is 23.0 Å². The summed E-state index contributed by atoms with van der Waals surface area (Å²) in [6.07, 6.45) is -2.53. The van der Waals surface area contributed by atoms with E-state index in [0.29, 0.717) is 12.4 Å². The first-order chi connectivity index (χ1) is 17.5. The highest BCUT2D eigenvalue weighted by Crippen LogP contribution is 2.50. The number of carbonyl (C=O) groups excluding carboxylic acids is 1. The molecule has 0 saturated carbocycles. The van der Waals surface area contributed by atoms with Crippen molar-refractivity contribution in [1.82, 2.24) is 4.98 Å². The van der Waals surface area contributed by atoms with Gasteiger partial charge in [0.05, 0.1) is 25.0 Å². The van der Waals surface area contributed by atoms with E-state index in [2.05, 4.69) is 14.7 Å². The quantitative estimate of drug-likeness (QED) is 0.444. The van der Waals surface area contributed by atoms with Gasteiger partial charge in [-0.05, 0) is 18.2 Å². The highest BCUT2D eigenvalue weighted by Gasteiger charge is 2.63. The Morgan fingerprint density at radius 3 is 2.41 bits per heavy atom. The molecule has 0 aliphatic carbocycles. The van der Waals surface area contributed by atoms with E-state index in [1.54, 1.807) is 0 Å². The third-order valence-electron chi connectivity index (χ3n) is 5.65. The average molecular weight is 523 g/mol. The number of ether oxygens (including phenoxy) is 4. The molecule has 1 aliphatic heterocycles. The van der Waals surface area contributed by atoms with Crippen molar-refractivity contribution in [3.63, 3.8) is 0 Å². The Morgan fingerprint density at radius 2 is 1.76 bits per heavy atom. The van der Waals surface area contributed by atoms with Gasteiger partial charge < -0.3 is 24.7 Å². The van der Waals surface area contributed by atoms with Gasteiger partial charge in [-0.15, -0.1) is 13.2 Å². The van der Waals surface area contributed by atoms with Crippen LogP contribution in [0.1, 0.15) is 5.56 Å². The van der Waals surface area contributed by atoms with Crippen LogP contribution in [0.25, 0.3) is 10.9 Å². The number of rotatable bonds is 7. The number of aliphatic imine (C=N–C) groups is 1. The summed E-state index contributed by atoms with van der Waals surface area (Å²) in [5.74, 6) is -3.87. The molecule has 8 nitrogen and oxygen atoms in total. The summed E-state index contributed by atoms with van der Waals surface area (Å²) in [6.45, 7) is 0. The Balaban J connectivity index is 1.88. The van der Waals surface area contributed by atoms with Gasteiger partial charge in [-0.1, -0.05) is 18.2 Å². The second kappa shape index (κ2) is 9.32. The lowest BCUT2D eigenvalue weighted by atomic mass is 9.76. The summed E-state index contributed by atoms with van der Waals surface area (Å²) < 4.78 is 90.0. The van der Waals surface area contributed by atoms with Crippen LogP contribution in [0.2, 0.25) is 0 Å². The monoisotopic (exact) mass is 523 g/mol. The van der Waals surface area contributed by atoms with E-state index in [4.69, 9.17) is 19.9 Å². The number of amides is 1. The fourth-order valence-corrected chi connectivity index (χ4v) is 4.03. The van der Waals surface area contributed by atoms with E-state index in [1.165, 1.54) is 42.6 Å². The minimum atomic E-state index is -4.98. The van der Waals surface area contributed by atoms with Crippen LogP contribution in [0, 0.1) is 0 Å². The van der Waals surface area contributed by atoms with Crippen LogP contribution >= 0.6 is 0 Å². The molecule has 194 valence electrons. The SMILES string of the molecule is COc1cc2c(Oc3ccccc3C3(OC)C(F)=CN=CC3(F)C(N)=O)ccnc2cc1OC(F)(F)F. The van der Waals surface area contributed by atoms with Gasteiger partial charge in [0, 0.05) is 30.3 Å². The summed E-state index contributed by atoms with van der Waals surface area (Å²) in [6, 6.07) is 9.10. The Morgan fingerprint density at radius 1 is 1.03 bits per heavy atom. The Hall–Kier alpha value is -4.26. The lowest BCUT2D eigenvalue weighted by Gasteiger charge is -2.41. The zero-order valence-corrected chi connectivity index (χ0v) is 19.2. The van der Waals surface area contributed by atoms with E-state index >= 15 is 8.78 Å². The number of hydrogen-bond acceptors (Lipinski definition) is 7. The summed E-state index contributed by atoms with van der Waals surface area (Å²) in [5, 5.41) is 0.178. The minimum absolute atomic E-state index is 0.0259. The Labute approximate surface area is 206 Å². The second-order valence-electron chi connectivity index (χ2n) is 7.69. The van der Waals surface area contributed by atoms with Gasteiger partial charge in [-0.3, -0.25) is 14.8 Å². The number of para-hydroxylation sites is 1. The molecule has 4 rings (SSSR count). The molecule has 0 saturated heterocycles. The van der Waals surface area contributed by atoms with Crippen molar-refractivity contribution in [2.24, 2.45) is 10.7 Å². The van der Waals surface area contributed by atoms with E-state index in [0.717, 1.165) is 20.3 Å². The number of halogens is 5. The van der Waals surface area contributed by atoms with Crippen LogP contribution in [-0.4, -0.2) is 43.4 Å². The van der Waals surface area contributed by atoms with Gasteiger partial charge >= 0.3 is 6.36 Å². The normalized spacial score (nSPS) is 21.4. The number of alkyl halides is 4. The van der Waals surface area contributed by atoms with Crippen molar-refractivity contribution < 1.29 is 45.7 Å². The molecule has 37 heavy (non-hydrogen) atoms. The molecule has 1 aliphatic rings. The maximum absolute atomic E-state index is 16.0. The average Bonchev–Trinajstić information content (AvgIpc) is 2.84. The largest absolute Gasteiger partial charge is 0.573 e. The van der Waals surface area contributed by atoms with Crippen LogP contribution in [0.5, 0.6) is 23.0 Å². The summed E-state index contributed by atoms with van der Waals surface area (Å²) in [7, 11) is 2.12. The fraction of sp³-hybridized carbons (Fsp3) is 0.208. The molecular formula is C24H18F5N3O5. The molecular weight excluding hydrogens is 505 g/mol. The molecule has 1 amide bonds. The van der Waals surface area contributed by atoms with Crippen molar-refractivity contribution in [2.75, 3.05) is 14.2 Å². The summed E-state index contributed by atoms with van der Waals surface area (Å²) in [5.41, 5.74) is -0.872. The molecule has 0 fully saturated rings. The predicted molar refractivity (Wildman–Crippen MR) is 121 cm³/mol. The number of hydrogen-bond donors (Lipinski definition) is 1. The Bertz CT molecular complexity index is 1430. The molecule has 13 heteroatoms. The van der Waals surface area contributed by atoms with Crippen molar-refractivity contribution in [2.45, 2.75) is 17.6 Å². The molecule has 2 heterocycles. The molecule has 0 spiro atoms. The number of benzene rings is 2. The van der Waals surface area contributed by atoms with E-state index < -0.39 is 35.1 Å². The minimum Gasteiger partial charge on any atom is -0.493 e. The number of nitrogens with two attached hydrogens (primary N) is 1. The molecule has 3 aromatic rings. The van der Waals surface area contributed by atoms with E-state index in [9.17, 15) is 18.0 Å². The Kier molecular flexibility index (Phi) is 6.50. The molecule has 2 aromatic carbocycles. The number of carbonyl (C=O) groups is 1. The van der Waals surface area contributed by atoms with Gasteiger partial charge in [-0.25, -0.2) is 8.78 Å². The van der Waals surface area contributed by atoms with Crippen molar-refractivity contribution in [3.8, 4) is 23.0 Å². The molecule has 2 atom stereocenters. The van der Waals surface area contributed by atoms with Gasteiger partial charge in [-0.2, -0.15) is 0 Å². The van der Waals surface area contributed by atoms with E-state index in [1.807, 2.05) is 0 Å². The molecule has 2 unspecified atom stereocenters.